The second-order valence-electron chi connectivity index (χ2n) is 5.72. The van der Waals surface area contributed by atoms with Gasteiger partial charge in [0.2, 0.25) is 0 Å². The molecule has 6 nitrogen and oxygen atoms in total. The van der Waals surface area contributed by atoms with Crippen LogP contribution in [0.4, 0.5) is 0 Å². The van der Waals surface area contributed by atoms with E-state index >= 15 is 0 Å². The molecule has 0 N–H and O–H groups in total. The third-order valence-electron chi connectivity index (χ3n) is 3.82. The van der Waals surface area contributed by atoms with Gasteiger partial charge in [-0.15, -0.1) is 6.42 Å². The Hall–Kier alpha value is -2.79. The number of ether oxygens (including phenoxy) is 2. The summed E-state index contributed by atoms with van der Waals surface area (Å²) in [5.41, 5.74) is 1.15. The van der Waals surface area contributed by atoms with Gasteiger partial charge in [-0.05, 0) is 36.4 Å². The Morgan fingerprint density at radius 3 is 2.72 bits per heavy atom. The van der Waals surface area contributed by atoms with Crippen LogP contribution in [-0.4, -0.2) is 30.2 Å². The molecular formula is C20H14Cl2N2O4S. The molecule has 0 aliphatic heterocycles. The number of esters is 1. The van der Waals surface area contributed by atoms with Crippen molar-refractivity contribution in [3.8, 4) is 18.1 Å². The number of nitrogens with zero attached hydrogens (tertiary/aromatic N) is 2. The first-order chi connectivity index (χ1) is 13.9. The SMILES string of the molecule is C#CCn1c(=NC(=O)COc2ccc(Cl)cc2Cl)sc2cc(C(=O)OC)ccc21. The summed E-state index contributed by atoms with van der Waals surface area (Å²) in [6, 6.07) is 9.74. The largest absolute Gasteiger partial charge is 0.482 e. The highest BCUT2D eigenvalue weighted by Crippen LogP contribution is 2.27. The molecule has 29 heavy (non-hydrogen) atoms. The fourth-order valence-electron chi connectivity index (χ4n) is 2.52. The van der Waals surface area contributed by atoms with Crippen LogP contribution in [0, 0.1) is 12.3 Å². The van der Waals surface area contributed by atoms with Crippen molar-refractivity contribution in [3.05, 3.63) is 56.8 Å². The molecule has 0 atom stereocenters. The van der Waals surface area contributed by atoms with Crippen molar-refractivity contribution in [1.82, 2.24) is 4.57 Å². The Morgan fingerprint density at radius 1 is 1.24 bits per heavy atom. The van der Waals surface area contributed by atoms with Crippen LogP contribution in [0.1, 0.15) is 10.4 Å². The number of thiazole rings is 1. The van der Waals surface area contributed by atoms with Gasteiger partial charge in [0, 0.05) is 5.02 Å². The highest BCUT2D eigenvalue weighted by Gasteiger charge is 2.12. The Balaban J connectivity index is 1.91. The van der Waals surface area contributed by atoms with Crippen molar-refractivity contribution in [2.45, 2.75) is 6.54 Å². The lowest BCUT2D eigenvalue weighted by Gasteiger charge is -2.05. The van der Waals surface area contributed by atoms with Crippen molar-refractivity contribution >= 4 is 56.6 Å². The van der Waals surface area contributed by atoms with Crippen molar-refractivity contribution < 1.29 is 19.1 Å². The third-order valence-corrected chi connectivity index (χ3v) is 5.39. The van der Waals surface area contributed by atoms with Gasteiger partial charge in [0.15, 0.2) is 11.4 Å². The van der Waals surface area contributed by atoms with Crippen LogP contribution in [0.2, 0.25) is 10.0 Å². The summed E-state index contributed by atoms with van der Waals surface area (Å²) in [6.07, 6.45) is 5.46. The Bertz CT molecular complexity index is 1210. The number of amides is 1. The van der Waals surface area contributed by atoms with E-state index < -0.39 is 11.9 Å². The predicted molar refractivity (Wildman–Crippen MR) is 113 cm³/mol. The average Bonchev–Trinajstić information content (AvgIpc) is 3.03. The highest BCUT2D eigenvalue weighted by molar-refractivity contribution is 7.16. The summed E-state index contributed by atoms with van der Waals surface area (Å²) in [6.45, 7) is -0.0907. The summed E-state index contributed by atoms with van der Waals surface area (Å²) in [4.78, 5) is 28.6. The van der Waals surface area contributed by atoms with Gasteiger partial charge in [0.1, 0.15) is 5.75 Å². The Kier molecular flexibility index (Phi) is 6.60. The van der Waals surface area contributed by atoms with E-state index in [9.17, 15) is 9.59 Å². The van der Waals surface area contributed by atoms with Crippen LogP contribution in [-0.2, 0) is 16.1 Å². The summed E-state index contributed by atoms with van der Waals surface area (Å²) in [5.74, 6) is 1.90. The van der Waals surface area contributed by atoms with Gasteiger partial charge < -0.3 is 14.0 Å². The Labute approximate surface area is 180 Å². The molecule has 1 amide bonds. The van der Waals surface area contributed by atoms with E-state index in [4.69, 9.17) is 39.1 Å². The molecule has 3 rings (SSSR count). The van der Waals surface area contributed by atoms with Crippen LogP contribution in [0.3, 0.4) is 0 Å². The molecule has 0 aliphatic carbocycles. The molecule has 0 saturated carbocycles. The molecule has 9 heteroatoms. The molecule has 148 valence electrons. The first-order valence-corrected chi connectivity index (χ1v) is 9.80. The van der Waals surface area contributed by atoms with E-state index in [0.29, 0.717) is 26.2 Å². The van der Waals surface area contributed by atoms with Gasteiger partial charge in [-0.3, -0.25) is 4.79 Å². The van der Waals surface area contributed by atoms with E-state index in [1.54, 1.807) is 34.9 Å². The van der Waals surface area contributed by atoms with Gasteiger partial charge in [-0.1, -0.05) is 40.5 Å². The molecule has 1 heterocycles. The number of fused-ring (bicyclic) bond motifs is 1. The monoisotopic (exact) mass is 448 g/mol. The minimum Gasteiger partial charge on any atom is -0.482 e. The van der Waals surface area contributed by atoms with E-state index in [2.05, 4.69) is 10.9 Å². The first kappa shape index (κ1) is 20.9. The second kappa shape index (κ2) is 9.14. The van der Waals surface area contributed by atoms with Gasteiger partial charge in [-0.2, -0.15) is 4.99 Å². The first-order valence-electron chi connectivity index (χ1n) is 8.23. The number of terminal acetylenes is 1. The van der Waals surface area contributed by atoms with E-state index in [-0.39, 0.29) is 13.2 Å². The quantitative estimate of drug-likeness (QED) is 0.437. The van der Waals surface area contributed by atoms with Gasteiger partial charge in [-0.25, -0.2) is 4.79 Å². The van der Waals surface area contributed by atoms with Crippen LogP contribution < -0.4 is 9.54 Å². The fourth-order valence-corrected chi connectivity index (χ4v) is 4.07. The third kappa shape index (κ3) is 4.80. The standard InChI is InChI=1S/C20H14Cl2N2O4S/c1-3-8-24-15-6-4-12(19(26)27-2)9-17(15)29-20(24)23-18(25)11-28-16-7-5-13(21)10-14(16)22/h1,4-7,9-10H,8,11H2,2H3. The maximum absolute atomic E-state index is 12.3. The topological polar surface area (TPSA) is 69.9 Å². The smallest absolute Gasteiger partial charge is 0.337 e. The van der Waals surface area contributed by atoms with Crippen LogP contribution >= 0.6 is 34.5 Å². The zero-order chi connectivity index (χ0) is 21.0. The zero-order valence-corrected chi connectivity index (χ0v) is 17.5. The zero-order valence-electron chi connectivity index (χ0n) is 15.1. The van der Waals surface area contributed by atoms with Crippen molar-refractivity contribution in [1.29, 1.82) is 0 Å². The Morgan fingerprint density at radius 2 is 2.03 bits per heavy atom. The average molecular weight is 449 g/mol. The second-order valence-corrected chi connectivity index (χ2v) is 7.57. The van der Waals surface area contributed by atoms with Gasteiger partial charge >= 0.3 is 5.97 Å². The summed E-state index contributed by atoms with van der Waals surface area (Å²) >= 11 is 13.1. The summed E-state index contributed by atoms with van der Waals surface area (Å²) in [5, 5.41) is 0.759. The highest BCUT2D eigenvalue weighted by atomic mass is 35.5. The molecule has 0 aliphatic rings. The normalized spacial score (nSPS) is 11.3. The molecule has 0 spiro atoms. The molecular weight excluding hydrogens is 435 g/mol. The molecule has 2 aromatic carbocycles. The van der Waals surface area contributed by atoms with E-state index in [0.717, 1.165) is 10.2 Å². The van der Waals surface area contributed by atoms with Crippen LogP contribution in [0.25, 0.3) is 10.2 Å². The van der Waals surface area contributed by atoms with Gasteiger partial charge in [0.05, 0.1) is 34.5 Å². The van der Waals surface area contributed by atoms with E-state index in [1.807, 2.05) is 0 Å². The molecule has 0 fully saturated rings. The van der Waals surface area contributed by atoms with Gasteiger partial charge in [0.25, 0.3) is 5.91 Å². The number of methoxy groups -OCH3 is 1. The molecule has 0 saturated heterocycles. The lowest BCUT2D eigenvalue weighted by Crippen LogP contribution is -2.19. The molecule has 3 aromatic rings. The number of hydrogen-bond donors (Lipinski definition) is 0. The lowest BCUT2D eigenvalue weighted by molar-refractivity contribution is -0.120. The maximum atomic E-state index is 12.3. The molecule has 0 unspecified atom stereocenters. The van der Waals surface area contributed by atoms with Crippen LogP contribution in [0.15, 0.2) is 41.4 Å². The number of carbonyl (C=O) groups excluding carboxylic acids is 2. The number of hydrogen-bond acceptors (Lipinski definition) is 5. The van der Waals surface area contributed by atoms with Crippen molar-refractivity contribution in [3.63, 3.8) is 0 Å². The predicted octanol–water partition coefficient (Wildman–Crippen LogP) is 3.94. The van der Waals surface area contributed by atoms with Crippen LogP contribution in [0.5, 0.6) is 5.75 Å². The number of aromatic nitrogens is 1. The van der Waals surface area contributed by atoms with E-state index in [1.165, 1.54) is 24.5 Å². The van der Waals surface area contributed by atoms with Crippen molar-refractivity contribution in [2.24, 2.45) is 4.99 Å². The lowest BCUT2D eigenvalue weighted by atomic mass is 10.2. The number of rotatable bonds is 5. The summed E-state index contributed by atoms with van der Waals surface area (Å²) in [7, 11) is 1.31. The fraction of sp³-hybridized carbons (Fsp3) is 0.150. The number of benzene rings is 2. The molecule has 0 radical (unpaired) electrons. The minimum atomic E-state index is -0.512. The number of carbonyl (C=O) groups is 2. The maximum Gasteiger partial charge on any atom is 0.337 e. The molecule has 1 aromatic heterocycles. The summed E-state index contributed by atoms with van der Waals surface area (Å²) < 4.78 is 12.6. The number of halogens is 2. The van der Waals surface area contributed by atoms with Crippen molar-refractivity contribution in [2.75, 3.05) is 13.7 Å². The molecule has 0 bridgehead atoms. The minimum absolute atomic E-state index is 0.216.